The van der Waals surface area contributed by atoms with Crippen LogP contribution in [0.5, 0.6) is 0 Å². The Kier molecular flexibility index (Phi) is 7.79. The molecule has 2 aromatic carbocycles. The number of rotatable bonds is 6. The summed E-state index contributed by atoms with van der Waals surface area (Å²) in [6, 6.07) is 11.2. The van der Waals surface area contributed by atoms with Crippen molar-refractivity contribution in [2.45, 2.75) is 88.8 Å². The molecule has 2 aromatic rings. The SMILES string of the molecule is CC1(C[C@@H]2N[C@@H](C(=O)OC(C)(C)C)[C@H](c3cccc(Cl)c3)[C@@]2(CN)c2ccc(Cl)cc2F)CCCC1. The van der Waals surface area contributed by atoms with Gasteiger partial charge in [-0.3, -0.25) is 4.79 Å². The third-order valence-corrected chi connectivity index (χ3v) is 8.51. The normalized spacial score (nSPS) is 27.8. The molecule has 0 radical (unpaired) electrons. The highest BCUT2D eigenvalue weighted by Gasteiger charge is 2.60. The van der Waals surface area contributed by atoms with E-state index in [4.69, 9.17) is 33.7 Å². The first-order valence-electron chi connectivity index (χ1n) is 12.8. The van der Waals surface area contributed by atoms with Crippen molar-refractivity contribution in [3.05, 3.63) is 69.5 Å². The van der Waals surface area contributed by atoms with Crippen LogP contribution in [0.15, 0.2) is 42.5 Å². The van der Waals surface area contributed by atoms with E-state index in [0.29, 0.717) is 15.6 Å². The lowest BCUT2D eigenvalue weighted by Crippen LogP contribution is -2.50. The molecule has 3 N–H and O–H groups in total. The zero-order chi connectivity index (χ0) is 26.3. The van der Waals surface area contributed by atoms with Gasteiger partial charge in [-0.25, -0.2) is 4.39 Å². The summed E-state index contributed by atoms with van der Waals surface area (Å²) in [6.07, 6.45) is 5.28. The van der Waals surface area contributed by atoms with Crippen LogP contribution >= 0.6 is 23.2 Å². The molecular formula is C29H37Cl2FN2O2. The first-order chi connectivity index (χ1) is 16.9. The molecule has 4 nitrogen and oxygen atoms in total. The number of carbonyl (C=O) groups excluding carboxylic acids is 1. The summed E-state index contributed by atoms with van der Waals surface area (Å²) in [5.74, 6) is -1.30. The Labute approximate surface area is 224 Å². The molecular weight excluding hydrogens is 498 g/mol. The van der Waals surface area contributed by atoms with E-state index in [1.807, 2.05) is 39.0 Å². The van der Waals surface area contributed by atoms with Crippen molar-refractivity contribution >= 4 is 29.2 Å². The second kappa shape index (κ2) is 10.2. The summed E-state index contributed by atoms with van der Waals surface area (Å²) in [4.78, 5) is 13.7. The van der Waals surface area contributed by atoms with Crippen LogP contribution < -0.4 is 11.1 Å². The number of carbonyl (C=O) groups is 1. The lowest BCUT2D eigenvalue weighted by molar-refractivity contribution is -0.157. The summed E-state index contributed by atoms with van der Waals surface area (Å²) in [6.45, 7) is 7.97. The van der Waals surface area contributed by atoms with Gasteiger partial charge in [-0.1, -0.05) is 61.2 Å². The second-order valence-corrected chi connectivity index (χ2v) is 12.7. The third-order valence-electron chi connectivity index (χ3n) is 8.04. The fourth-order valence-corrected chi connectivity index (χ4v) is 6.86. The number of benzene rings is 2. The highest BCUT2D eigenvalue weighted by Crippen LogP contribution is 2.54. The summed E-state index contributed by atoms with van der Waals surface area (Å²) in [5.41, 5.74) is 6.40. The van der Waals surface area contributed by atoms with Crippen molar-refractivity contribution in [3.8, 4) is 0 Å². The maximum atomic E-state index is 15.8. The van der Waals surface area contributed by atoms with Gasteiger partial charge in [0.15, 0.2) is 0 Å². The van der Waals surface area contributed by atoms with Crippen LogP contribution in [0.25, 0.3) is 0 Å². The van der Waals surface area contributed by atoms with E-state index < -0.39 is 28.8 Å². The van der Waals surface area contributed by atoms with Gasteiger partial charge in [0.25, 0.3) is 0 Å². The Morgan fingerprint density at radius 2 is 1.81 bits per heavy atom. The van der Waals surface area contributed by atoms with E-state index in [1.165, 1.54) is 18.9 Å². The van der Waals surface area contributed by atoms with Crippen LogP contribution in [0, 0.1) is 11.2 Å². The molecule has 0 aromatic heterocycles. The predicted octanol–water partition coefficient (Wildman–Crippen LogP) is 6.77. The average Bonchev–Trinajstić information content (AvgIpc) is 3.34. The van der Waals surface area contributed by atoms with Gasteiger partial charge in [0.05, 0.1) is 0 Å². The third kappa shape index (κ3) is 5.31. The van der Waals surface area contributed by atoms with Crippen LogP contribution in [0.4, 0.5) is 4.39 Å². The maximum Gasteiger partial charge on any atom is 0.324 e. The van der Waals surface area contributed by atoms with Gasteiger partial charge >= 0.3 is 5.97 Å². The first-order valence-corrected chi connectivity index (χ1v) is 13.5. The van der Waals surface area contributed by atoms with Crippen LogP contribution in [0.2, 0.25) is 10.0 Å². The molecule has 0 unspecified atom stereocenters. The lowest BCUT2D eigenvalue weighted by atomic mass is 9.61. The number of nitrogens with one attached hydrogen (secondary N) is 1. The van der Waals surface area contributed by atoms with Gasteiger partial charge in [-0.05, 0) is 80.8 Å². The molecule has 0 bridgehead atoms. The smallest absolute Gasteiger partial charge is 0.324 e. The molecule has 0 spiro atoms. The van der Waals surface area contributed by atoms with Crippen molar-refractivity contribution in [1.82, 2.24) is 5.32 Å². The van der Waals surface area contributed by atoms with E-state index in [-0.39, 0.29) is 24.0 Å². The highest BCUT2D eigenvalue weighted by atomic mass is 35.5. The number of esters is 1. The Bertz CT molecular complexity index is 1110. The maximum absolute atomic E-state index is 15.8. The van der Waals surface area contributed by atoms with Gasteiger partial charge < -0.3 is 15.8 Å². The zero-order valence-corrected chi connectivity index (χ0v) is 23.1. The van der Waals surface area contributed by atoms with Crippen molar-refractivity contribution in [2.24, 2.45) is 11.1 Å². The van der Waals surface area contributed by atoms with Crippen LogP contribution in [-0.4, -0.2) is 30.2 Å². The fraction of sp³-hybridized carbons (Fsp3) is 0.552. The monoisotopic (exact) mass is 534 g/mol. The van der Waals surface area contributed by atoms with Crippen LogP contribution in [0.1, 0.15) is 76.8 Å². The van der Waals surface area contributed by atoms with Crippen molar-refractivity contribution < 1.29 is 13.9 Å². The molecule has 4 atom stereocenters. The van der Waals surface area contributed by atoms with Gasteiger partial charge in [0.2, 0.25) is 0 Å². The van der Waals surface area contributed by atoms with Gasteiger partial charge in [-0.2, -0.15) is 0 Å². The zero-order valence-electron chi connectivity index (χ0n) is 21.5. The van der Waals surface area contributed by atoms with Crippen LogP contribution in [-0.2, 0) is 14.9 Å². The first kappa shape index (κ1) is 27.4. The molecule has 1 aliphatic heterocycles. The summed E-state index contributed by atoms with van der Waals surface area (Å²) in [7, 11) is 0. The molecule has 1 saturated carbocycles. The molecule has 1 aliphatic carbocycles. The molecule has 1 saturated heterocycles. The quantitative estimate of drug-likeness (QED) is 0.401. The summed E-state index contributed by atoms with van der Waals surface area (Å²) < 4.78 is 21.7. The Hall–Kier alpha value is -1.66. The number of ether oxygens (including phenoxy) is 1. The molecule has 196 valence electrons. The van der Waals surface area contributed by atoms with Gasteiger partial charge in [-0.15, -0.1) is 0 Å². The lowest BCUT2D eigenvalue weighted by Gasteiger charge is -2.43. The Morgan fingerprint density at radius 3 is 2.39 bits per heavy atom. The number of hydrogen-bond donors (Lipinski definition) is 2. The fourth-order valence-electron chi connectivity index (χ4n) is 6.50. The predicted molar refractivity (Wildman–Crippen MR) is 144 cm³/mol. The van der Waals surface area contributed by atoms with Crippen LogP contribution in [0.3, 0.4) is 0 Å². The van der Waals surface area contributed by atoms with Crippen molar-refractivity contribution in [1.29, 1.82) is 0 Å². The molecule has 0 amide bonds. The molecule has 2 fully saturated rings. The minimum Gasteiger partial charge on any atom is -0.459 e. The second-order valence-electron chi connectivity index (χ2n) is 11.9. The van der Waals surface area contributed by atoms with E-state index in [9.17, 15) is 4.79 Å². The Morgan fingerprint density at radius 1 is 1.14 bits per heavy atom. The van der Waals surface area contributed by atoms with E-state index >= 15 is 4.39 Å². The average molecular weight is 536 g/mol. The Balaban J connectivity index is 1.94. The molecule has 7 heteroatoms. The van der Waals surface area contributed by atoms with E-state index in [0.717, 1.165) is 24.8 Å². The standard InChI is InChI=1S/C29H37Cl2FN2O2/c1-27(2,3)36-26(35)25-24(18-8-7-9-19(30)14-18)29(17-33,21-11-10-20(31)15-22(21)32)23(34-25)16-28(4)12-5-6-13-28/h7-11,14-15,23-25,34H,5-6,12-13,16-17,33H2,1-4H3/t23-,24-,25+,29-/m0/s1. The molecule has 4 rings (SSSR count). The van der Waals surface area contributed by atoms with Crippen molar-refractivity contribution in [3.63, 3.8) is 0 Å². The topological polar surface area (TPSA) is 64.3 Å². The van der Waals surface area contributed by atoms with Crippen molar-refractivity contribution in [2.75, 3.05) is 6.54 Å². The van der Waals surface area contributed by atoms with Gasteiger partial charge in [0, 0.05) is 34.0 Å². The minimum atomic E-state index is -0.924. The molecule has 2 aliphatic rings. The largest absolute Gasteiger partial charge is 0.459 e. The molecule has 36 heavy (non-hydrogen) atoms. The van der Waals surface area contributed by atoms with E-state index in [1.54, 1.807) is 18.2 Å². The number of nitrogens with two attached hydrogens (primary N) is 1. The number of halogens is 3. The highest BCUT2D eigenvalue weighted by molar-refractivity contribution is 6.30. The molecule has 1 heterocycles. The minimum absolute atomic E-state index is 0.0721. The number of hydrogen-bond acceptors (Lipinski definition) is 4. The summed E-state index contributed by atoms with van der Waals surface area (Å²) >= 11 is 12.6. The van der Waals surface area contributed by atoms with Gasteiger partial charge in [0.1, 0.15) is 17.5 Å². The summed E-state index contributed by atoms with van der Waals surface area (Å²) in [5, 5.41) is 4.48. The van der Waals surface area contributed by atoms with E-state index in [2.05, 4.69) is 12.2 Å².